The summed E-state index contributed by atoms with van der Waals surface area (Å²) in [7, 11) is 0. The lowest BCUT2D eigenvalue weighted by Crippen LogP contribution is -2.12. The fraction of sp³-hybridized carbons (Fsp3) is 0.417. The largest absolute Gasteiger partial charge is 0.330 e. The summed E-state index contributed by atoms with van der Waals surface area (Å²) >= 11 is 3.23. The molecule has 5 heteroatoms. The van der Waals surface area contributed by atoms with E-state index < -0.39 is 5.82 Å². The summed E-state index contributed by atoms with van der Waals surface area (Å²) in [6, 6.07) is 4.45. The van der Waals surface area contributed by atoms with E-state index in [9.17, 15) is 9.18 Å². The number of hydrogen-bond donors (Lipinski definition) is 2. The first-order chi connectivity index (χ1) is 8.13. The molecule has 0 atom stereocenters. The summed E-state index contributed by atoms with van der Waals surface area (Å²) < 4.78 is 14.1. The van der Waals surface area contributed by atoms with Crippen molar-refractivity contribution in [1.29, 1.82) is 0 Å². The molecule has 94 valence electrons. The zero-order valence-corrected chi connectivity index (χ0v) is 11.1. The standard InChI is InChI=1S/C12H16BrFN2O/c13-9-5-6-10(14)11(8-9)16-12(17)4-2-1-3-7-15/h5-6,8H,1-4,7,15H2,(H,16,17). The third kappa shape index (κ3) is 5.28. The lowest BCUT2D eigenvalue weighted by Gasteiger charge is -2.06. The van der Waals surface area contributed by atoms with Gasteiger partial charge in [0, 0.05) is 10.9 Å². The normalized spacial score (nSPS) is 10.3. The minimum absolute atomic E-state index is 0.168. The van der Waals surface area contributed by atoms with Gasteiger partial charge >= 0.3 is 0 Å². The van der Waals surface area contributed by atoms with E-state index in [2.05, 4.69) is 21.2 Å². The average molecular weight is 303 g/mol. The molecule has 0 heterocycles. The van der Waals surface area contributed by atoms with Gasteiger partial charge in [-0.3, -0.25) is 4.79 Å². The van der Waals surface area contributed by atoms with Gasteiger partial charge in [0.2, 0.25) is 5.91 Å². The Labute approximate surface area is 109 Å². The zero-order chi connectivity index (χ0) is 12.7. The number of unbranched alkanes of at least 4 members (excludes halogenated alkanes) is 2. The maximum atomic E-state index is 13.3. The molecular weight excluding hydrogens is 287 g/mol. The summed E-state index contributed by atoms with van der Waals surface area (Å²) in [5, 5.41) is 2.55. The molecule has 0 aliphatic rings. The molecule has 3 nitrogen and oxygen atoms in total. The monoisotopic (exact) mass is 302 g/mol. The predicted molar refractivity (Wildman–Crippen MR) is 70.3 cm³/mol. The Bertz CT molecular complexity index is 385. The second-order valence-electron chi connectivity index (χ2n) is 3.77. The number of halogens is 2. The van der Waals surface area contributed by atoms with E-state index in [4.69, 9.17) is 5.73 Å². The van der Waals surface area contributed by atoms with Crippen molar-refractivity contribution in [3.8, 4) is 0 Å². The molecule has 1 rings (SSSR count). The van der Waals surface area contributed by atoms with Crippen molar-refractivity contribution in [3.63, 3.8) is 0 Å². The summed E-state index contributed by atoms with van der Waals surface area (Å²) in [6.45, 7) is 0.641. The van der Waals surface area contributed by atoms with Crippen molar-refractivity contribution in [2.75, 3.05) is 11.9 Å². The fourth-order valence-electron chi connectivity index (χ4n) is 1.41. The predicted octanol–water partition coefficient (Wildman–Crippen LogP) is 3.05. The van der Waals surface area contributed by atoms with Crippen LogP contribution in [0.2, 0.25) is 0 Å². The van der Waals surface area contributed by atoms with E-state index in [1.165, 1.54) is 6.07 Å². The highest BCUT2D eigenvalue weighted by atomic mass is 79.9. The van der Waals surface area contributed by atoms with Crippen molar-refractivity contribution in [1.82, 2.24) is 0 Å². The maximum absolute atomic E-state index is 13.3. The van der Waals surface area contributed by atoms with Crippen molar-refractivity contribution in [2.24, 2.45) is 5.73 Å². The number of hydrogen-bond acceptors (Lipinski definition) is 2. The van der Waals surface area contributed by atoms with Crippen LogP contribution in [0.4, 0.5) is 10.1 Å². The number of nitrogens with two attached hydrogens (primary N) is 1. The average Bonchev–Trinajstić information content (AvgIpc) is 2.29. The van der Waals surface area contributed by atoms with Crippen molar-refractivity contribution < 1.29 is 9.18 Å². The minimum atomic E-state index is -0.427. The van der Waals surface area contributed by atoms with Crippen molar-refractivity contribution in [2.45, 2.75) is 25.7 Å². The van der Waals surface area contributed by atoms with E-state index in [1.807, 2.05) is 0 Å². The second-order valence-corrected chi connectivity index (χ2v) is 4.69. The highest BCUT2D eigenvalue weighted by molar-refractivity contribution is 9.10. The van der Waals surface area contributed by atoms with E-state index in [0.717, 1.165) is 23.7 Å². The first-order valence-corrected chi connectivity index (χ1v) is 6.37. The van der Waals surface area contributed by atoms with Gasteiger partial charge in [-0.2, -0.15) is 0 Å². The quantitative estimate of drug-likeness (QED) is 0.794. The van der Waals surface area contributed by atoms with E-state index in [1.54, 1.807) is 12.1 Å². The van der Waals surface area contributed by atoms with E-state index >= 15 is 0 Å². The van der Waals surface area contributed by atoms with Gasteiger partial charge in [-0.25, -0.2) is 4.39 Å². The molecule has 1 aromatic rings. The highest BCUT2D eigenvalue weighted by Gasteiger charge is 2.07. The summed E-state index contributed by atoms with van der Waals surface area (Å²) in [6.07, 6.45) is 3.01. The molecule has 0 saturated carbocycles. The molecule has 0 aliphatic heterocycles. The van der Waals surface area contributed by atoms with Crippen LogP contribution in [-0.4, -0.2) is 12.5 Å². The molecule has 0 aromatic heterocycles. The van der Waals surface area contributed by atoms with E-state index in [0.29, 0.717) is 13.0 Å². The summed E-state index contributed by atoms with van der Waals surface area (Å²) in [5.41, 5.74) is 5.56. The van der Waals surface area contributed by atoms with Crippen LogP contribution >= 0.6 is 15.9 Å². The topological polar surface area (TPSA) is 55.1 Å². The Kier molecular flexibility index (Phi) is 6.15. The first kappa shape index (κ1) is 14.1. The van der Waals surface area contributed by atoms with Gasteiger partial charge in [0.15, 0.2) is 0 Å². The van der Waals surface area contributed by atoms with Gasteiger partial charge in [-0.1, -0.05) is 22.4 Å². The first-order valence-electron chi connectivity index (χ1n) is 5.58. The Morgan fingerprint density at radius 3 is 2.82 bits per heavy atom. The molecule has 0 radical (unpaired) electrons. The molecule has 17 heavy (non-hydrogen) atoms. The number of anilines is 1. The second kappa shape index (κ2) is 7.40. The van der Waals surface area contributed by atoms with Gasteiger partial charge in [-0.15, -0.1) is 0 Å². The molecule has 1 amide bonds. The third-order valence-corrected chi connectivity index (χ3v) is 2.80. The molecule has 3 N–H and O–H groups in total. The van der Waals surface area contributed by atoms with Gasteiger partial charge in [0.1, 0.15) is 5.82 Å². The van der Waals surface area contributed by atoms with Gasteiger partial charge in [0.05, 0.1) is 5.69 Å². The van der Waals surface area contributed by atoms with Crippen LogP contribution in [0.15, 0.2) is 22.7 Å². The van der Waals surface area contributed by atoms with Crippen LogP contribution < -0.4 is 11.1 Å². The third-order valence-electron chi connectivity index (χ3n) is 2.31. The lowest BCUT2D eigenvalue weighted by atomic mass is 10.2. The number of carbonyl (C=O) groups is 1. The molecule has 0 bridgehead atoms. The van der Waals surface area contributed by atoms with Crippen LogP contribution in [0.3, 0.4) is 0 Å². The molecule has 0 fully saturated rings. The summed E-state index contributed by atoms with van der Waals surface area (Å²) in [5.74, 6) is -0.595. The molecular formula is C12H16BrFN2O. The van der Waals surface area contributed by atoms with E-state index in [-0.39, 0.29) is 11.6 Å². The van der Waals surface area contributed by atoms with Crippen LogP contribution in [0.5, 0.6) is 0 Å². The SMILES string of the molecule is NCCCCCC(=O)Nc1cc(Br)ccc1F. The van der Waals surface area contributed by atoms with Crippen molar-refractivity contribution in [3.05, 3.63) is 28.5 Å². The number of carbonyl (C=O) groups excluding carboxylic acids is 1. The number of amides is 1. The molecule has 0 aliphatic carbocycles. The Morgan fingerprint density at radius 2 is 2.12 bits per heavy atom. The lowest BCUT2D eigenvalue weighted by molar-refractivity contribution is -0.116. The van der Waals surface area contributed by atoms with Gasteiger partial charge < -0.3 is 11.1 Å². The van der Waals surface area contributed by atoms with Crippen LogP contribution in [-0.2, 0) is 4.79 Å². The van der Waals surface area contributed by atoms with Crippen LogP contribution in [0.25, 0.3) is 0 Å². The number of nitrogens with one attached hydrogen (secondary N) is 1. The Morgan fingerprint density at radius 1 is 1.35 bits per heavy atom. The maximum Gasteiger partial charge on any atom is 0.224 e. The summed E-state index contributed by atoms with van der Waals surface area (Å²) in [4.78, 5) is 11.5. The molecule has 1 aromatic carbocycles. The fourth-order valence-corrected chi connectivity index (χ4v) is 1.77. The zero-order valence-electron chi connectivity index (χ0n) is 9.51. The van der Waals surface area contributed by atoms with Gasteiger partial charge in [0.25, 0.3) is 0 Å². The smallest absolute Gasteiger partial charge is 0.224 e. The van der Waals surface area contributed by atoms with Gasteiger partial charge in [-0.05, 0) is 37.6 Å². The van der Waals surface area contributed by atoms with Crippen LogP contribution in [0.1, 0.15) is 25.7 Å². The Hall–Kier alpha value is -0.940. The molecule has 0 saturated heterocycles. The highest BCUT2D eigenvalue weighted by Crippen LogP contribution is 2.20. The minimum Gasteiger partial charge on any atom is -0.330 e. The number of benzene rings is 1. The van der Waals surface area contributed by atoms with Crippen LogP contribution in [0, 0.1) is 5.82 Å². The Balaban J connectivity index is 2.42. The molecule has 0 unspecified atom stereocenters. The van der Waals surface area contributed by atoms with Crippen molar-refractivity contribution >= 4 is 27.5 Å². The number of rotatable bonds is 6. The molecule has 0 spiro atoms.